The van der Waals surface area contributed by atoms with E-state index in [1.165, 1.54) is 21.5 Å². The Hall–Kier alpha value is -4.44. The molecule has 6 aromatic rings. The van der Waals surface area contributed by atoms with Gasteiger partial charge in [-0.25, -0.2) is 0 Å². The van der Waals surface area contributed by atoms with Gasteiger partial charge < -0.3 is 0 Å². The topological polar surface area (TPSA) is 50.5 Å². The minimum absolute atomic E-state index is 0.953. The van der Waals surface area contributed by atoms with Crippen molar-refractivity contribution in [2.24, 2.45) is 9.98 Å². The van der Waals surface area contributed by atoms with Crippen LogP contribution in [-0.2, 0) is 0 Å². The highest BCUT2D eigenvalue weighted by Gasteiger charge is 2.12. The van der Waals surface area contributed by atoms with E-state index < -0.39 is 0 Å². The maximum absolute atomic E-state index is 4.79. The SMILES string of the molecule is C(=Nc1ccc2ccc3c(N=Cc4ccncc4)ccc4ccc1c2c43)c1ccncc1. The van der Waals surface area contributed by atoms with E-state index in [0.717, 1.165) is 33.3 Å². The average molecular weight is 410 g/mol. The molecule has 32 heavy (non-hydrogen) atoms. The van der Waals surface area contributed by atoms with Crippen LogP contribution in [0, 0.1) is 0 Å². The van der Waals surface area contributed by atoms with E-state index in [2.05, 4.69) is 58.5 Å². The van der Waals surface area contributed by atoms with Crippen molar-refractivity contribution in [2.75, 3.05) is 0 Å². The van der Waals surface area contributed by atoms with Crippen LogP contribution in [0.5, 0.6) is 0 Å². The average Bonchev–Trinajstić information content (AvgIpc) is 2.86. The van der Waals surface area contributed by atoms with Crippen LogP contribution < -0.4 is 0 Å². The Morgan fingerprint density at radius 3 is 1.31 bits per heavy atom. The molecule has 0 atom stereocenters. The van der Waals surface area contributed by atoms with Crippen molar-refractivity contribution in [3.63, 3.8) is 0 Å². The first-order chi connectivity index (χ1) is 15.9. The molecule has 4 nitrogen and oxygen atoms in total. The van der Waals surface area contributed by atoms with Crippen LogP contribution >= 0.6 is 0 Å². The highest BCUT2D eigenvalue weighted by atomic mass is 14.7. The van der Waals surface area contributed by atoms with Crippen LogP contribution in [0.2, 0.25) is 0 Å². The van der Waals surface area contributed by atoms with Gasteiger partial charge in [-0.2, -0.15) is 0 Å². The summed E-state index contributed by atoms with van der Waals surface area (Å²) in [7, 11) is 0. The smallest absolute Gasteiger partial charge is 0.0708 e. The van der Waals surface area contributed by atoms with Crippen molar-refractivity contribution in [1.29, 1.82) is 0 Å². The lowest BCUT2D eigenvalue weighted by atomic mass is 9.93. The molecule has 0 N–H and O–H groups in total. The van der Waals surface area contributed by atoms with Crippen molar-refractivity contribution >= 4 is 56.1 Å². The maximum atomic E-state index is 4.79. The van der Waals surface area contributed by atoms with Crippen molar-refractivity contribution in [1.82, 2.24) is 9.97 Å². The number of benzene rings is 4. The zero-order valence-electron chi connectivity index (χ0n) is 17.2. The fraction of sp³-hybridized carbons (Fsp3) is 0. The minimum Gasteiger partial charge on any atom is -0.265 e. The predicted molar refractivity (Wildman–Crippen MR) is 133 cm³/mol. The van der Waals surface area contributed by atoms with Gasteiger partial charge in [-0.15, -0.1) is 0 Å². The summed E-state index contributed by atoms with van der Waals surface area (Å²) >= 11 is 0. The van der Waals surface area contributed by atoms with E-state index in [9.17, 15) is 0 Å². The number of pyridine rings is 2. The van der Waals surface area contributed by atoms with Crippen LogP contribution in [0.15, 0.2) is 108 Å². The van der Waals surface area contributed by atoms with Crippen molar-refractivity contribution in [3.05, 3.63) is 109 Å². The first-order valence-electron chi connectivity index (χ1n) is 10.5. The lowest BCUT2D eigenvalue weighted by Gasteiger charge is -2.13. The maximum Gasteiger partial charge on any atom is 0.0708 e. The standard InChI is InChI=1S/C28H18N4/c1-5-23-25(31-17-19-9-13-29-14-10-19)8-4-22-2-6-24-26(7-3-21(1)27(24)28(22)23)32-18-20-11-15-30-16-12-20/h1-18H. The van der Waals surface area contributed by atoms with Crippen molar-refractivity contribution < 1.29 is 0 Å². The van der Waals surface area contributed by atoms with Crippen LogP contribution in [0.25, 0.3) is 32.3 Å². The number of aromatic nitrogens is 2. The molecule has 150 valence electrons. The van der Waals surface area contributed by atoms with E-state index in [1.807, 2.05) is 36.7 Å². The highest BCUT2D eigenvalue weighted by molar-refractivity contribution is 6.27. The molecule has 6 rings (SSSR count). The normalized spacial score (nSPS) is 12.1. The van der Waals surface area contributed by atoms with Crippen LogP contribution in [0.1, 0.15) is 11.1 Å². The lowest BCUT2D eigenvalue weighted by molar-refractivity contribution is 1.32. The summed E-state index contributed by atoms with van der Waals surface area (Å²) in [6, 6.07) is 25.0. The molecule has 0 radical (unpaired) electrons. The van der Waals surface area contributed by atoms with Gasteiger partial charge >= 0.3 is 0 Å². The number of aliphatic imine (C=N–C) groups is 2. The van der Waals surface area contributed by atoms with Crippen LogP contribution in [-0.4, -0.2) is 22.4 Å². The van der Waals surface area contributed by atoms with Gasteiger partial charge in [0.25, 0.3) is 0 Å². The molecule has 0 aliphatic heterocycles. The summed E-state index contributed by atoms with van der Waals surface area (Å²) < 4.78 is 0. The first-order valence-corrected chi connectivity index (χ1v) is 10.5. The molecule has 4 heteroatoms. The van der Waals surface area contributed by atoms with Crippen LogP contribution in [0.4, 0.5) is 11.4 Å². The van der Waals surface area contributed by atoms with Gasteiger partial charge in [0.15, 0.2) is 0 Å². The quantitative estimate of drug-likeness (QED) is 0.235. The van der Waals surface area contributed by atoms with Gasteiger partial charge in [0.2, 0.25) is 0 Å². The largest absolute Gasteiger partial charge is 0.265 e. The Morgan fingerprint density at radius 1 is 0.469 bits per heavy atom. The minimum atomic E-state index is 0.953. The highest BCUT2D eigenvalue weighted by Crippen LogP contribution is 2.41. The molecular formula is C28H18N4. The monoisotopic (exact) mass is 410 g/mol. The van der Waals surface area contributed by atoms with Gasteiger partial charge in [-0.3, -0.25) is 20.0 Å². The Morgan fingerprint density at radius 2 is 0.875 bits per heavy atom. The zero-order chi connectivity index (χ0) is 21.3. The molecule has 2 heterocycles. The molecule has 0 fully saturated rings. The molecule has 0 spiro atoms. The molecule has 0 unspecified atom stereocenters. The van der Waals surface area contributed by atoms with E-state index in [1.54, 1.807) is 24.8 Å². The predicted octanol–water partition coefficient (Wildman–Crippen LogP) is 6.88. The fourth-order valence-electron chi connectivity index (χ4n) is 4.18. The third-order valence-corrected chi connectivity index (χ3v) is 5.74. The molecule has 0 saturated carbocycles. The summed E-state index contributed by atoms with van der Waals surface area (Å²) in [4.78, 5) is 17.7. The summed E-state index contributed by atoms with van der Waals surface area (Å²) in [6.07, 6.45) is 10.9. The van der Waals surface area contributed by atoms with E-state index in [-0.39, 0.29) is 0 Å². The summed E-state index contributed by atoms with van der Waals surface area (Å²) in [5.74, 6) is 0. The molecule has 0 bridgehead atoms. The second-order valence-corrected chi connectivity index (χ2v) is 7.67. The molecule has 0 aliphatic carbocycles. The summed E-state index contributed by atoms with van der Waals surface area (Å²) in [6.45, 7) is 0. The fourth-order valence-corrected chi connectivity index (χ4v) is 4.18. The summed E-state index contributed by atoms with van der Waals surface area (Å²) in [5, 5.41) is 7.14. The van der Waals surface area contributed by atoms with E-state index >= 15 is 0 Å². The number of hydrogen-bond acceptors (Lipinski definition) is 4. The van der Waals surface area contributed by atoms with Gasteiger partial charge in [0.05, 0.1) is 11.4 Å². The number of nitrogens with zero attached hydrogens (tertiary/aromatic N) is 4. The molecule has 2 aromatic heterocycles. The Bertz CT molecular complexity index is 1480. The second-order valence-electron chi connectivity index (χ2n) is 7.67. The Labute approximate surface area is 185 Å². The molecule has 4 aromatic carbocycles. The van der Waals surface area contributed by atoms with E-state index in [4.69, 9.17) is 9.98 Å². The van der Waals surface area contributed by atoms with Crippen molar-refractivity contribution in [2.45, 2.75) is 0 Å². The third kappa shape index (κ3) is 3.19. The zero-order valence-corrected chi connectivity index (χ0v) is 17.2. The van der Waals surface area contributed by atoms with Gasteiger partial charge in [-0.05, 0) is 69.1 Å². The number of rotatable bonds is 4. The Balaban J connectivity index is 1.53. The van der Waals surface area contributed by atoms with Gasteiger partial charge in [-0.1, -0.05) is 36.4 Å². The lowest BCUT2D eigenvalue weighted by Crippen LogP contribution is -1.86. The van der Waals surface area contributed by atoms with E-state index in [0.29, 0.717) is 0 Å². The third-order valence-electron chi connectivity index (χ3n) is 5.74. The van der Waals surface area contributed by atoms with Crippen LogP contribution in [0.3, 0.4) is 0 Å². The second kappa shape index (κ2) is 7.67. The molecule has 0 amide bonds. The molecule has 0 aliphatic rings. The Kier molecular flexibility index (Phi) is 4.40. The molecular weight excluding hydrogens is 392 g/mol. The van der Waals surface area contributed by atoms with Crippen molar-refractivity contribution in [3.8, 4) is 0 Å². The number of hydrogen-bond donors (Lipinski definition) is 0. The van der Waals surface area contributed by atoms with Gasteiger partial charge in [0, 0.05) is 48.0 Å². The molecule has 0 saturated heterocycles. The van der Waals surface area contributed by atoms with Gasteiger partial charge in [0.1, 0.15) is 0 Å². The summed E-state index contributed by atoms with van der Waals surface area (Å²) in [5.41, 5.74) is 3.96. The first kappa shape index (κ1) is 18.3.